The Kier molecular flexibility index (Phi) is 4.99. The fourth-order valence-electron chi connectivity index (χ4n) is 3.97. The lowest BCUT2D eigenvalue weighted by Gasteiger charge is -2.21. The fraction of sp³-hybridized carbons (Fsp3) is 0.0385. The molecule has 2 amide bonds. The van der Waals surface area contributed by atoms with Gasteiger partial charge in [0.05, 0.1) is 23.0 Å². The van der Waals surface area contributed by atoms with Crippen LogP contribution in [0.15, 0.2) is 89.9 Å². The molecule has 0 bridgehead atoms. The molecule has 2 aromatic carbocycles. The second-order valence-electron chi connectivity index (χ2n) is 7.71. The first-order valence-electron chi connectivity index (χ1n) is 10.4. The van der Waals surface area contributed by atoms with Crippen molar-refractivity contribution in [2.45, 2.75) is 6.92 Å². The van der Waals surface area contributed by atoms with Crippen molar-refractivity contribution in [1.82, 2.24) is 9.97 Å². The third-order valence-electron chi connectivity index (χ3n) is 5.51. The molecule has 0 radical (unpaired) electrons. The number of anilines is 3. The van der Waals surface area contributed by atoms with Crippen LogP contribution in [-0.2, 0) is 0 Å². The molecule has 0 atom stereocenters. The first-order chi connectivity index (χ1) is 16.0. The topological polar surface area (TPSA) is 111 Å². The zero-order valence-electron chi connectivity index (χ0n) is 17.9. The number of amides is 2. The zero-order valence-corrected chi connectivity index (χ0v) is 17.9. The van der Waals surface area contributed by atoms with Crippen molar-refractivity contribution >= 4 is 34.2 Å². The third kappa shape index (κ3) is 3.65. The van der Waals surface area contributed by atoms with Gasteiger partial charge in [0.25, 0.3) is 0 Å². The van der Waals surface area contributed by atoms with Gasteiger partial charge >= 0.3 is 6.03 Å². The van der Waals surface area contributed by atoms with Crippen LogP contribution in [0.5, 0.6) is 0 Å². The summed E-state index contributed by atoms with van der Waals surface area (Å²) in [5, 5.41) is 0.731. The molecular formula is C26H21N5O2. The van der Waals surface area contributed by atoms with Gasteiger partial charge in [-0.05, 0) is 48.4 Å². The Bertz CT molecular complexity index is 1460. The average Bonchev–Trinajstić information content (AvgIpc) is 3.27. The van der Waals surface area contributed by atoms with Gasteiger partial charge in [-0.15, -0.1) is 0 Å². The minimum atomic E-state index is -0.559. The van der Waals surface area contributed by atoms with Gasteiger partial charge in [-0.2, -0.15) is 0 Å². The summed E-state index contributed by atoms with van der Waals surface area (Å²) in [4.78, 5) is 22.3. The molecule has 4 N–H and O–H groups in total. The minimum Gasteiger partial charge on any atom is -0.463 e. The Labute approximate surface area is 190 Å². The molecule has 0 aliphatic rings. The average molecular weight is 435 g/mol. The number of nitrogens with two attached hydrogens (primary N) is 2. The number of aryl methyl sites for hydroxylation is 1. The third-order valence-corrected chi connectivity index (χ3v) is 5.51. The first-order valence-corrected chi connectivity index (χ1v) is 10.4. The van der Waals surface area contributed by atoms with E-state index >= 15 is 0 Å². The molecule has 0 aliphatic heterocycles. The maximum atomic E-state index is 12.2. The normalized spacial score (nSPS) is 10.9. The highest BCUT2D eigenvalue weighted by molar-refractivity contribution is 6.06. The van der Waals surface area contributed by atoms with Crippen molar-refractivity contribution in [3.05, 3.63) is 91.1 Å². The standard InChI is InChI=1S/C26H21N5O2/c1-16-4-2-6-20(12-16)31(26(28)32)19-9-7-17(8-10-19)22-15-33-24-21(14-30-25(27)23(22)24)18-5-3-11-29-13-18/h2-15H,1H3,(H2,27,30)(H2,28,32). The monoisotopic (exact) mass is 435 g/mol. The molecule has 0 aliphatic carbocycles. The van der Waals surface area contributed by atoms with E-state index in [4.69, 9.17) is 15.9 Å². The smallest absolute Gasteiger partial charge is 0.323 e. The Hall–Kier alpha value is -4.65. The number of benzene rings is 2. The minimum absolute atomic E-state index is 0.379. The predicted octanol–water partition coefficient (Wildman–Crippen LogP) is 5.66. The molecule has 162 valence electrons. The van der Waals surface area contributed by atoms with Gasteiger partial charge in [-0.25, -0.2) is 9.78 Å². The van der Waals surface area contributed by atoms with E-state index in [0.717, 1.165) is 33.2 Å². The number of hydrogen-bond acceptors (Lipinski definition) is 5. The molecule has 0 unspecified atom stereocenters. The summed E-state index contributed by atoms with van der Waals surface area (Å²) in [7, 11) is 0. The molecule has 7 heteroatoms. The van der Waals surface area contributed by atoms with E-state index in [1.165, 1.54) is 4.90 Å². The lowest BCUT2D eigenvalue weighted by molar-refractivity contribution is 0.256. The maximum Gasteiger partial charge on any atom is 0.323 e. The van der Waals surface area contributed by atoms with E-state index in [0.29, 0.717) is 22.8 Å². The summed E-state index contributed by atoms with van der Waals surface area (Å²) in [6.07, 6.45) is 6.83. The molecule has 0 spiro atoms. The van der Waals surface area contributed by atoms with Crippen LogP contribution in [0.4, 0.5) is 22.0 Å². The highest BCUT2D eigenvalue weighted by Crippen LogP contribution is 2.39. The molecule has 5 rings (SSSR count). The van der Waals surface area contributed by atoms with Crippen molar-refractivity contribution < 1.29 is 9.21 Å². The largest absolute Gasteiger partial charge is 0.463 e. The van der Waals surface area contributed by atoms with Crippen LogP contribution >= 0.6 is 0 Å². The van der Waals surface area contributed by atoms with E-state index in [1.54, 1.807) is 24.9 Å². The maximum absolute atomic E-state index is 12.2. The number of carbonyl (C=O) groups is 1. The van der Waals surface area contributed by atoms with Crippen LogP contribution in [0.1, 0.15) is 5.56 Å². The summed E-state index contributed by atoms with van der Waals surface area (Å²) in [6.45, 7) is 1.97. The Morgan fingerprint density at radius 3 is 2.45 bits per heavy atom. The Balaban J connectivity index is 1.57. The molecule has 7 nitrogen and oxygen atoms in total. The molecule has 5 aromatic rings. The number of nitrogens with zero attached hydrogens (tertiary/aromatic N) is 3. The summed E-state index contributed by atoms with van der Waals surface area (Å²) in [5.74, 6) is 0.379. The van der Waals surface area contributed by atoms with Crippen LogP contribution < -0.4 is 16.4 Å². The molecule has 0 saturated carbocycles. The van der Waals surface area contributed by atoms with Gasteiger partial charge in [-0.3, -0.25) is 9.88 Å². The number of carbonyl (C=O) groups excluding carboxylic acids is 1. The van der Waals surface area contributed by atoms with Crippen molar-refractivity contribution in [3.63, 3.8) is 0 Å². The summed E-state index contributed by atoms with van der Waals surface area (Å²) in [6, 6.07) is 18.4. The van der Waals surface area contributed by atoms with Crippen molar-refractivity contribution in [2.75, 3.05) is 10.6 Å². The Morgan fingerprint density at radius 2 is 1.76 bits per heavy atom. The number of rotatable bonds is 4. The van der Waals surface area contributed by atoms with Crippen LogP contribution in [0.2, 0.25) is 0 Å². The lowest BCUT2D eigenvalue weighted by Crippen LogP contribution is -2.31. The molecule has 3 heterocycles. The van der Waals surface area contributed by atoms with E-state index in [9.17, 15) is 4.79 Å². The lowest BCUT2D eigenvalue weighted by atomic mass is 10.0. The van der Waals surface area contributed by atoms with Gasteiger partial charge in [0.2, 0.25) is 0 Å². The quantitative estimate of drug-likeness (QED) is 0.378. The van der Waals surface area contributed by atoms with Crippen LogP contribution in [0.25, 0.3) is 33.2 Å². The molecule has 0 saturated heterocycles. The zero-order chi connectivity index (χ0) is 22.9. The second kappa shape index (κ2) is 8.12. The number of aromatic nitrogens is 2. The number of hydrogen-bond donors (Lipinski definition) is 2. The van der Waals surface area contributed by atoms with E-state index < -0.39 is 6.03 Å². The van der Waals surface area contributed by atoms with Crippen LogP contribution in [0, 0.1) is 6.92 Å². The van der Waals surface area contributed by atoms with Gasteiger partial charge < -0.3 is 15.9 Å². The summed E-state index contributed by atoms with van der Waals surface area (Å²) >= 11 is 0. The van der Waals surface area contributed by atoms with Crippen molar-refractivity contribution in [3.8, 4) is 22.3 Å². The summed E-state index contributed by atoms with van der Waals surface area (Å²) < 4.78 is 5.94. The van der Waals surface area contributed by atoms with Crippen LogP contribution in [0.3, 0.4) is 0 Å². The van der Waals surface area contributed by atoms with Crippen molar-refractivity contribution in [1.29, 1.82) is 0 Å². The number of nitrogen functional groups attached to an aromatic ring is 1. The van der Waals surface area contributed by atoms with E-state index in [1.807, 2.05) is 67.6 Å². The Morgan fingerprint density at radius 1 is 0.939 bits per heavy atom. The first kappa shape index (κ1) is 20.3. The van der Waals surface area contributed by atoms with Gasteiger partial charge in [0.15, 0.2) is 0 Å². The number of urea groups is 1. The molecule has 33 heavy (non-hydrogen) atoms. The van der Waals surface area contributed by atoms with Gasteiger partial charge in [-0.1, -0.05) is 30.3 Å². The van der Waals surface area contributed by atoms with Gasteiger partial charge in [0.1, 0.15) is 11.4 Å². The van der Waals surface area contributed by atoms with Gasteiger partial charge in [0, 0.05) is 35.3 Å². The van der Waals surface area contributed by atoms with E-state index in [2.05, 4.69) is 9.97 Å². The van der Waals surface area contributed by atoms with E-state index in [-0.39, 0.29) is 0 Å². The fourth-order valence-corrected chi connectivity index (χ4v) is 3.97. The van der Waals surface area contributed by atoms with Crippen molar-refractivity contribution in [2.24, 2.45) is 5.73 Å². The number of fused-ring (bicyclic) bond motifs is 1. The number of primary amides is 1. The molecular weight excluding hydrogens is 414 g/mol. The second-order valence-corrected chi connectivity index (χ2v) is 7.71. The summed E-state index contributed by atoms with van der Waals surface area (Å²) in [5.41, 5.74) is 18.4. The highest BCUT2D eigenvalue weighted by Gasteiger charge is 2.19. The number of pyridine rings is 2. The predicted molar refractivity (Wildman–Crippen MR) is 130 cm³/mol. The van der Waals surface area contributed by atoms with Crippen LogP contribution in [-0.4, -0.2) is 16.0 Å². The highest BCUT2D eigenvalue weighted by atomic mass is 16.3. The number of furan rings is 1. The molecule has 3 aromatic heterocycles. The molecule has 0 fully saturated rings. The SMILES string of the molecule is Cc1cccc(N(C(N)=O)c2ccc(-c3coc4c(-c5cccnc5)cnc(N)c34)cc2)c1.